The fourth-order valence-corrected chi connectivity index (χ4v) is 5.45. The van der Waals surface area contributed by atoms with Crippen molar-refractivity contribution in [2.45, 2.75) is 57.7 Å². The number of hydrogen-bond acceptors (Lipinski definition) is 3. The normalized spacial score (nSPS) is 34.8. The molecule has 0 radical (unpaired) electrons. The Morgan fingerprint density at radius 1 is 1.38 bits per heavy atom. The molecule has 0 unspecified atom stereocenters. The molecule has 4 atom stereocenters. The van der Waals surface area contributed by atoms with E-state index in [9.17, 15) is 4.79 Å². The molecule has 1 saturated carbocycles. The first kappa shape index (κ1) is 14.5. The van der Waals surface area contributed by atoms with E-state index >= 15 is 0 Å². The van der Waals surface area contributed by atoms with Crippen molar-refractivity contribution in [3.8, 4) is 0 Å². The van der Waals surface area contributed by atoms with Gasteiger partial charge in [-0.1, -0.05) is 13.0 Å². The minimum Gasteiger partial charge on any atom is -0.332 e. The molecule has 0 spiro atoms. The smallest absolute Gasteiger partial charge is 0.274 e. The van der Waals surface area contributed by atoms with Crippen molar-refractivity contribution >= 4 is 11.6 Å². The summed E-state index contributed by atoms with van der Waals surface area (Å²) in [6.07, 6.45) is 6.69. The van der Waals surface area contributed by atoms with E-state index in [4.69, 9.17) is 0 Å². The van der Waals surface area contributed by atoms with Crippen molar-refractivity contribution in [3.63, 3.8) is 0 Å². The first-order valence-electron chi connectivity index (χ1n) is 9.08. The molecule has 2 aromatic rings. The van der Waals surface area contributed by atoms with Gasteiger partial charge in [-0.05, 0) is 44.7 Å². The second kappa shape index (κ2) is 4.82. The van der Waals surface area contributed by atoms with Crippen molar-refractivity contribution < 1.29 is 4.79 Å². The molecule has 3 fully saturated rings. The van der Waals surface area contributed by atoms with Crippen molar-refractivity contribution in [3.05, 3.63) is 35.8 Å². The molecular formula is C19H24N4O. The number of aryl methyl sites for hydroxylation is 1. The third kappa shape index (κ3) is 1.85. The summed E-state index contributed by atoms with van der Waals surface area (Å²) >= 11 is 0. The van der Waals surface area contributed by atoms with Crippen LogP contribution in [-0.4, -0.2) is 44.9 Å². The minimum absolute atomic E-state index is 0.100. The second-order valence-electron chi connectivity index (χ2n) is 8.05. The van der Waals surface area contributed by atoms with Gasteiger partial charge in [-0.25, -0.2) is 4.98 Å². The summed E-state index contributed by atoms with van der Waals surface area (Å²) in [7, 11) is 0. The van der Waals surface area contributed by atoms with Crippen LogP contribution in [0.25, 0.3) is 5.65 Å². The number of fused-ring (bicyclic) bond motifs is 2. The van der Waals surface area contributed by atoms with Crippen molar-refractivity contribution in [1.29, 1.82) is 0 Å². The Labute approximate surface area is 142 Å². The van der Waals surface area contributed by atoms with E-state index in [0.717, 1.165) is 24.3 Å². The van der Waals surface area contributed by atoms with Crippen LogP contribution in [-0.2, 0) is 0 Å². The lowest BCUT2D eigenvalue weighted by Crippen LogP contribution is -2.57. The molecule has 4 heterocycles. The Hall–Kier alpha value is -1.88. The Morgan fingerprint density at radius 3 is 3.08 bits per heavy atom. The molecule has 5 nitrogen and oxygen atoms in total. The average molecular weight is 324 g/mol. The number of nitrogens with zero attached hydrogens (tertiary/aromatic N) is 3. The van der Waals surface area contributed by atoms with Crippen LogP contribution in [0, 0.1) is 12.3 Å². The molecule has 24 heavy (non-hydrogen) atoms. The summed E-state index contributed by atoms with van der Waals surface area (Å²) in [4.78, 5) is 20.0. The number of likely N-dealkylation sites (tertiary alicyclic amines) is 1. The van der Waals surface area contributed by atoms with Gasteiger partial charge in [0.05, 0.1) is 0 Å². The molecule has 1 aliphatic carbocycles. The van der Waals surface area contributed by atoms with Gasteiger partial charge in [0.15, 0.2) is 0 Å². The number of piperidine rings is 1. The van der Waals surface area contributed by atoms with E-state index in [1.54, 1.807) is 0 Å². The first-order chi connectivity index (χ1) is 11.6. The van der Waals surface area contributed by atoms with E-state index in [2.05, 4.69) is 22.1 Å². The molecule has 3 aliphatic rings. The van der Waals surface area contributed by atoms with Gasteiger partial charge in [0.25, 0.3) is 5.91 Å². The van der Waals surface area contributed by atoms with Gasteiger partial charge in [0.2, 0.25) is 0 Å². The van der Waals surface area contributed by atoms with Crippen LogP contribution in [0.1, 0.15) is 48.8 Å². The van der Waals surface area contributed by atoms with Gasteiger partial charge in [0, 0.05) is 42.0 Å². The Kier molecular flexibility index (Phi) is 2.90. The van der Waals surface area contributed by atoms with Gasteiger partial charge < -0.3 is 14.6 Å². The van der Waals surface area contributed by atoms with Crippen LogP contribution in [0.3, 0.4) is 0 Å². The third-order valence-corrected chi connectivity index (χ3v) is 6.62. The average Bonchev–Trinajstić information content (AvgIpc) is 3.13. The first-order valence-corrected chi connectivity index (χ1v) is 9.08. The van der Waals surface area contributed by atoms with Crippen LogP contribution >= 0.6 is 0 Å². The molecular weight excluding hydrogens is 300 g/mol. The molecule has 2 bridgehead atoms. The van der Waals surface area contributed by atoms with Crippen LogP contribution < -0.4 is 5.32 Å². The third-order valence-electron chi connectivity index (χ3n) is 6.62. The van der Waals surface area contributed by atoms with Crippen molar-refractivity contribution in [2.75, 3.05) is 6.54 Å². The van der Waals surface area contributed by atoms with E-state index in [1.807, 2.05) is 35.7 Å². The summed E-state index contributed by atoms with van der Waals surface area (Å²) < 4.78 is 2.01. The van der Waals surface area contributed by atoms with E-state index < -0.39 is 0 Å². The number of hydrogen-bond donors (Lipinski definition) is 1. The Bertz CT molecular complexity index is 828. The van der Waals surface area contributed by atoms with Gasteiger partial charge in [-0.2, -0.15) is 0 Å². The molecule has 5 heteroatoms. The van der Waals surface area contributed by atoms with Crippen LogP contribution in [0.15, 0.2) is 24.4 Å². The standard InChI is InChI=1S/C19H24N4O/c1-12-5-3-8-17-21-14(11-22(12)17)18(24)23-10-13-9-19(2)15(20-13)6-4-7-16(19)23/h3,5,8,11,13,15-16,20H,4,6-7,9-10H2,1-2H3/t13-,15-,16+,19-/m0/s1. The van der Waals surface area contributed by atoms with E-state index in [0.29, 0.717) is 23.8 Å². The lowest BCUT2D eigenvalue weighted by molar-refractivity contribution is 0.0127. The highest BCUT2D eigenvalue weighted by molar-refractivity contribution is 5.93. The summed E-state index contributed by atoms with van der Waals surface area (Å²) in [5, 5.41) is 3.78. The highest BCUT2D eigenvalue weighted by Crippen LogP contribution is 2.50. The molecule has 1 N–H and O–H groups in total. The van der Waals surface area contributed by atoms with Crippen LogP contribution in [0.5, 0.6) is 0 Å². The monoisotopic (exact) mass is 324 g/mol. The molecule has 0 aromatic carbocycles. The summed E-state index contributed by atoms with van der Waals surface area (Å²) in [5.74, 6) is 0.100. The van der Waals surface area contributed by atoms with Gasteiger partial charge >= 0.3 is 0 Å². The Balaban J connectivity index is 1.53. The SMILES string of the molecule is Cc1cccc2nc(C(=O)N3C[C@@H]4C[C@@]5(C)[C@H](CCC[C@@H]35)N4)cn12. The Morgan fingerprint density at radius 2 is 2.25 bits per heavy atom. The zero-order valence-corrected chi connectivity index (χ0v) is 14.3. The van der Waals surface area contributed by atoms with E-state index in [1.165, 1.54) is 19.3 Å². The number of carbonyl (C=O) groups excluding carboxylic acids is 1. The maximum Gasteiger partial charge on any atom is 0.274 e. The maximum atomic E-state index is 13.3. The van der Waals surface area contributed by atoms with Gasteiger partial charge in [-0.15, -0.1) is 0 Å². The highest BCUT2D eigenvalue weighted by atomic mass is 16.2. The van der Waals surface area contributed by atoms with Crippen molar-refractivity contribution in [2.24, 2.45) is 5.41 Å². The largest absolute Gasteiger partial charge is 0.332 e. The molecule has 1 amide bonds. The van der Waals surface area contributed by atoms with Gasteiger partial charge in [-0.3, -0.25) is 4.79 Å². The van der Waals surface area contributed by atoms with Crippen molar-refractivity contribution in [1.82, 2.24) is 19.6 Å². The highest BCUT2D eigenvalue weighted by Gasteiger charge is 2.56. The number of pyridine rings is 1. The summed E-state index contributed by atoms with van der Waals surface area (Å²) in [5.41, 5.74) is 2.76. The molecule has 2 saturated heterocycles. The molecule has 2 aromatic heterocycles. The summed E-state index contributed by atoms with van der Waals surface area (Å²) in [6, 6.07) is 7.36. The van der Waals surface area contributed by atoms with Crippen LogP contribution in [0.2, 0.25) is 0 Å². The predicted molar refractivity (Wildman–Crippen MR) is 92.0 cm³/mol. The lowest BCUT2D eigenvalue weighted by Gasteiger charge is -2.50. The second-order valence-corrected chi connectivity index (χ2v) is 8.05. The molecule has 126 valence electrons. The lowest BCUT2D eigenvalue weighted by atomic mass is 9.66. The minimum atomic E-state index is 0.100. The van der Waals surface area contributed by atoms with E-state index in [-0.39, 0.29) is 11.3 Å². The number of aromatic nitrogens is 2. The molecule has 5 rings (SSSR count). The zero-order valence-electron chi connectivity index (χ0n) is 14.3. The quantitative estimate of drug-likeness (QED) is 0.876. The number of nitrogens with one attached hydrogen (secondary N) is 1. The summed E-state index contributed by atoms with van der Waals surface area (Å²) in [6.45, 7) is 5.24. The number of carbonyl (C=O) groups is 1. The predicted octanol–water partition coefficient (Wildman–Crippen LogP) is 2.39. The van der Waals surface area contributed by atoms with Gasteiger partial charge in [0.1, 0.15) is 11.3 Å². The fourth-order valence-electron chi connectivity index (χ4n) is 5.45. The number of amides is 1. The van der Waals surface area contributed by atoms with Crippen LogP contribution in [0.4, 0.5) is 0 Å². The fraction of sp³-hybridized carbons (Fsp3) is 0.579. The molecule has 2 aliphatic heterocycles. The zero-order chi connectivity index (χ0) is 16.5. The topological polar surface area (TPSA) is 49.6 Å². The number of rotatable bonds is 1. The number of imidazole rings is 1. The maximum absolute atomic E-state index is 13.3.